The van der Waals surface area contributed by atoms with E-state index in [1.165, 1.54) is 6.07 Å². The first-order chi connectivity index (χ1) is 14.5. The molecule has 164 valence electrons. The molecular formula is C25H31F3O2. The Morgan fingerprint density at radius 2 is 1.60 bits per heavy atom. The Hall–Kier alpha value is -2.17. The summed E-state index contributed by atoms with van der Waals surface area (Å²) in [4.78, 5) is 0. The van der Waals surface area contributed by atoms with Crippen LogP contribution in [0.4, 0.5) is 13.2 Å². The third kappa shape index (κ3) is 5.71. The number of hydrogen-bond donors (Lipinski definition) is 0. The van der Waals surface area contributed by atoms with Crippen molar-refractivity contribution in [3.8, 4) is 11.5 Å². The van der Waals surface area contributed by atoms with E-state index in [0.29, 0.717) is 18.8 Å². The summed E-state index contributed by atoms with van der Waals surface area (Å²) in [7, 11) is 0. The molecule has 1 aliphatic rings. The highest BCUT2D eigenvalue weighted by Crippen LogP contribution is 2.39. The molecule has 1 saturated carbocycles. The van der Waals surface area contributed by atoms with Crippen LogP contribution in [-0.2, 0) is 0 Å². The molecule has 1 fully saturated rings. The van der Waals surface area contributed by atoms with Crippen molar-refractivity contribution >= 4 is 0 Å². The number of rotatable bonds is 9. The highest BCUT2D eigenvalue weighted by atomic mass is 19.2. The Bertz CT molecular complexity index is 829. The lowest BCUT2D eigenvalue weighted by Crippen LogP contribution is -2.20. The normalized spacial score (nSPS) is 19.0. The van der Waals surface area contributed by atoms with Gasteiger partial charge in [0.05, 0.1) is 13.2 Å². The average molecular weight is 421 g/mol. The molecule has 0 spiro atoms. The van der Waals surface area contributed by atoms with Gasteiger partial charge in [-0.25, -0.2) is 8.78 Å². The first kappa shape index (κ1) is 22.5. The van der Waals surface area contributed by atoms with Crippen molar-refractivity contribution in [1.29, 1.82) is 0 Å². The van der Waals surface area contributed by atoms with Crippen molar-refractivity contribution in [3.05, 3.63) is 58.9 Å². The molecule has 0 amide bonds. The fraction of sp³-hybridized carbons (Fsp3) is 0.520. The molecule has 0 aliphatic heterocycles. The van der Waals surface area contributed by atoms with E-state index >= 15 is 0 Å². The number of halogens is 3. The Morgan fingerprint density at radius 3 is 2.30 bits per heavy atom. The van der Waals surface area contributed by atoms with Gasteiger partial charge in [0.25, 0.3) is 0 Å². The molecule has 0 heterocycles. The molecule has 2 nitrogen and oxygen atoms in total. The van der Waals surface area contributed by atoms with Gasteiger partial charge in [0, 0.05) is 0 Å². The van der Waals surface area contributed by atoms with Crippen molar-refractivity contribution in [2.24, 2.45) is 5.92 Å². The van der Waals surface area contributed by atoms with Gasteiger partial charge in [-0.2, -0.15) is 4.39 Å². The molecular weight excluding hydrogens is 389 g/mol. The second-order valence-corrected chi connectivity index (χ2v) is 8.30. The third-order valence-electron chi connectivity index (χ3n) is 5.93. The van der Waals surface area contributed by atoms with Gasteiger partial charge in [0.2, 0.25) is 5.82 Å². The van der Waals surface area contributed by atoms with Crippen LogP contribution < -0.4 is 9.47 Å². The summed E-state index contributed by atoms with van der Waals surface area (Å²) < 4.78 is 54.0. The lowest BCUT2D eigenvalue weighted by Gasteiger charge is -2.29. The van der Waals surface area contributed by atoms with Gasteiger partial charge in [0.15, 0.2) is 23.1 Å². The minimum atomic E-state index is -0.885. The van der Waals surface area contributed by atoms with E-state index in [-0.39, 0.29) is 29.2 Å². The van der Waals surface area contributed by atoms with Gasteiger partial charge in [-0.1, -0.05) is 31.9 Å². The van der Waals surface area contributed by atoms with Crippen molar-refractivity contribution in [2.45, 2.75) is 64.7 Å². The first-order valence-electron chi connectivity index (χ1n) is 11.0. The zero-order chi connectivity index (χ0) is 21.5. The highest BCUT2D eigenvalue weighted by Gasteiger charge is 2.27. The number of ether oxygens (including phenoxy) is 2. The van der Waals surface area contributed by atoms with E-state index in [1.807, 2.05) is 13.0 Å². The minimum Gasteiger partial charge on any atom is -0.490 e. The number of aryl methyl sites for hydroxylation is 1. The Balaban J connectivity index is 1.52. The maximum atomic E-state index is 14.6. The van der Waals surface area contributed by atoms with Crippen LogP contribution in [0.15, 0.2) is 30.3 Å². The molecule has 30 heavy (non-hydrogen) atoms. The van der Waals surface area contributed by atoms with E-state index in [9.17, 15) is 13.2 Å². The molecule has 0 N–H and O–H groups in total. The zero-order valence-electron chi connectivity index (χ0n) is 17.9. The first-order valence-corrected chi connectivity index (χ1v) is 11.0. The summed E-state index contributed by atoms with van der Waals surface area (Å²) in [5.74, 6) is -1.48. The smallest absolute Gasteiger partial charge is 0.200 e. The number of unbranched alkanes of at least 4 members (excludes halogenated alkanes) is 2. The SMILES string of the molecule is CCCCCOc1ccc(C2CCC(COc3ccc(C)cc3F)CC2)c(F)c1F. The standard InChI is InChI=1S/C25H31F3O2/c1-3-4-5-14-29-23-13-11-20(24(27)25(23)28)19-9-7-18(8-10-19)16-30-22-12-6-17(2)15-21(22)26/h6,11-13,15,18-19H,3-5,7-10,14,16H2,1-2H3. The van der Waals surface area contributed by atoms with Crippen LogP contribution in [0.1, 0.15) is 68.9 Å². The predicted octanol–water partition coefficient (Wildman–Crippen LogP) is 7.33. The van der Waals surface area contributed by atoms with Crippen LogP contribution in [0.5, 0.6) is 11.5 Å². The Kier molecular flexibility index (Phi) is 8.06. The van der Waals surface area contributed by atoms with Crippen molar-refractivity contribution in [1.82, 2.24) is 0 Å². The van der Waals surface area contributed by atoms with Crippen LogP contribution in [0.2, 0.25) is 0 Å². The van der Waals surface area contributed by atoms with Gasteiger partial charge in [-0.05, 0) is 80.2 Å². The van der Waals surface area contributed by atoms with Gasteiger partial charge in [-0.15, -0.1) is 0 Å². The van der Waals surface area contributed by atoms with Crippen LogP contribution >= 0.6 is 0 Å². The largest absolute Gasteiger partial charge is 0.490 e. The molecule has 0 aromatic heterocycles. The predicted molar refractivity (Wildman–Crippen MR) is 113 cm³/mol. The lowest BCUT2D eigenvalue weighted by atomic mass is 9.79. The Morgan fingerprint density at radius 1 is 0.867 bits per heavy atom. The Labute approximate surface area is 177 Å². The third-order valence-corrected chi connectivity index (χ3v) is 5.93. The van der Waals surface area contributed by atoms with Gasteiger partial charge < -0.3 is 9.47 Å². The van der Waals surface area contributed by atoms with Gasteiger partial charge >= 0.3 is 0 Å². The van der Waals surface area contributed by atoms with Crippen molar-refractivity contribution < 1.29 is 22.6 Å². The van der Waals surface area contributed by atoms with Crippen molar-refractivity contribution in [3.63, 3.8) is 0 Å². The molecule has 2 aromatic carbocycles. The van der Waals surface area contributed by atoms with E-state index in [2.05, 4.69) is 6.92 Å². The number of hydrogen-bond acceptors (Lipinski definition) is 2. The summed E-state index contributed by atoms with van der Waals surface area (Å²) in [6, 6.07) is 8.15. The fourth-order valence-corrected chi connectivity index (χ4v) is 4.08. The average Bonchev–Trinajstić information content (AvgIpc) is 2.74. The molecule has 3 rings (SSSR count). The second-order valence-electron chi connectivity index (χ2n) is 8.30. The zero-order valence-corrected chi connectivity index (χ0v) is 17.9. The quantitative estimate of drug-likeness (QED) is 0.395. The van der Waals surface area contributed by atoms with Crippen LogP contribution in [0, 0.1) is 30.3 Å². The maximum Gasteiger partial charge on any atom is 0.200 e. The molecule has 0 radical (unpaired) electrons. The molecule has 0 bridgehead atoms. The van der Waals surface area contributed by atoms with E-state index in [1.54, 1.807) is 18.2 Å². The summed E-state index contributed by atoms with van der Waals surface area (Å²) in [6.45, 7) is 4.75. The molecule has 0 atom stereocenters. The van der Waals surface area contributed by atoms with Crippen LogP contribution in [0.3, 0.4) is 0 Å². The molecule has 0 saturated heterocycles. The molecule has 1 aliphatic carbocycles. The fourth-order valence-electron chi connectivity index (χ4n) is 4.08. The van der Waals surface area contributed by atoms with Crippen LogP contribution in [-0.4, -0.2) is 13.2 Å². The summed E-state index contributed by atoms with van der Waals surface area (Å²) in [5, 5.41) is 0. The van der Waals surface area contributed by atoms with Gasteiger partial charge in [-0.3, -0.25) is 0 Å². The minimum absolute atomic E-state index is 0.00503. The highest BCUT2D eigenvalue weighted by molar-refractivity contribution is 5.33. The topological polar surface area (TPSA) is 18.5 Å². The monoisotopic (exact) mass is 420 g/mol. The van der Waals surface area contributed by atoms with Crippen LogP contribution in [0.25, 0.3) is 0 Å². The summed E-state index contributed by atoms with van der Waals surface area (Å²) in [5.41, 5.74) is 1.28. The molecule has 2 aromatic rings. The van der Waals surface area contributed by atoms with E-state index in [0.717, 1.165) is 50.5 Å². The number of benzene rings is 2. The second kappa shape index (κ2) is 10.7. The summed E-state index contributed by atoms with van der Waals surface area (Å²) >= 11 is 0. The molecule has 5 heteroatoms. The van der Waals surface area contributed by atoms with E-state index < -0.39 is 11.6 Å². The van der Waals surface area contributed by atoms with E-state index in [4.69, 9.17) is 9.47 Å². The lowest BCUT2D eigenvalue weighted by molar-refractivity contribution is 0.193. The maximum absolute atomic E-state index is 14.6. The van der Waals surface area contributed by atoms with Crippen molar-refractivity contribution in [2.75, 3.05) is 13.2 Å². The summed E-state index contributed by atoms with van der Waals surface area (Å²) in [6.07, 6.45) is 6.09. The van der Waals surface area contributed by atoms with Gasteiger partial charge in [0.1, 0.15) is 0 Å². The molecule has 0 unspecified atom stereocenters.